The van der Waals surface area contributed by atoms with E-state index in [9.17, 15) is 4.79 Å². The molecule has 0 spiro atoms. The highest BCUT2D eigenvalue weighted by Gasteiger charge is 2.44. The normalized spacial score (nSPS) is 26.3. The van der Waals surface area contributed by atoms with E-state index < -0.39 is 5.41 Å². The Balaban J connectivity index is 1.73. The maximum Gasteiger partial charge on any atom is 0.229 e. The third-order valence-corrected chi connectivity index (χ3v) is 4.45. The molecule has 2 unspecified atom stereocenters. The van der Waals surface area contributed by atoms with Gasteiger partial charge in [0.25, 0.3) is 0 Å². The molecule has 1 saturated heterocycles. The lowest BCUT2D eigenvalue weighted by molar-refractivity contribution is -0.130. The summed E-state index contributed by atoms with van der Waals surface area (Å²) in [6, 6.07) is 9.93. The zero-order valence-corrected chi connectivity index (χ0v) is 11.9. The van der Waals surface area contributed by atoms with Crippen molar-refractivity contribution in [3.05, 3.63) is 30.3 Å². The molecule has 1 heterocycles. The van der Waals surface area contributed by atoms with E-state index in [1.165, 1.54) is 4.90 Å². The number of carbonyl (C=O) groups is 1. The summed E-state index contributed by atoms with van der Waals surface area (Å²) >= 11 is 1.73. The van der Waals surface area contributed by atoms with E-state index in [1.807, 2.05) is 25.1 Å². The monoisotopic (exact) mass is 280 g/mol. The van der Waals surface area contributed by atoms with Gasteiger partial charge in [-0.3, -0.25) is 4.79 Å². The fourth-order valence-electron chi connectivity index (χ4n) is 1.97. The summed E-state index contributed by atoms with van der Waals surface area (Å²) in [7, 11) is 0. The largest absolute Gasteiger partial charge is 0.379 e. The van der Waals surface area contributed by atoms with Gasteiger partial charge >= 0.3 is 0 Å². The van der Waals surface area contributed by atoms with Crippen LogP contribution in [0.15, 0.2) is 35.2 Å². The van der Waals surface area contributed by atoms with Crippen molar-refractivity contribution in [1.82, 2.24) is 5.32 Å². The zero-order valence-electron chi connectivity index (χ0n) is 11.1. The van der Waals surface area contributed by atoms with Gasteiger partial charge in [0.15, 0.2) is 0 Å². The minimum atomic E-state index is -0.586. The molecule has 19 heavy (non-hydrogen) atoms. The number of nitrogens with two attached hydrogens (primary N) is 1. The van der Waals surface area contributed by atoms with Crippen molar-refractivity contribution in [3.63, 3.8) is 0 Å². The highest BCUT2D eigenvalue weighted by Crippen LogP contribution is 2.27. The SMILES string of the molecule is CC1(C(=O)NCCSc2ccccc2)COCC1N. The number of nitrogens with one attached hydrogen (secondary N) is 1. The van der Waals surface area contributed by atoms with Gasteiger partial charge in [0, 0.05) is 23.2 Å². The van der Waals surface area contributed by atoms with Crippen LogP contribution in [0.1, 0.15) is 6.92 Å². The van der Waals surface area contributed by atoms with Crippen LogP contribution in [0.25, 0.3) is 0 Å². The summed E-state index contributed by atoms with van der Waals surface area (Å²) < 4.78 is 5.28. The van der Waals surface area contributed by atoms with E-state index >= 15 is 0 Å². The molecule has 3 N–H and O–H groups in total. The van der Waals surface area contributed by atoms with Crippen molar-refractivity contribution in [2.24, 2.45) is 11.1 Å². The van der Waals surface area contributed by atoms with Crippen molar-refractivity contribution in [2.75, 3.05) is 25.5 Å². The molecular weight excluding hydrogens is 260 g/mol. The van der Waals surface area contributed by atoms with E-state index in [0.29, 0.717) is 19.8 Å². The van der Waals surface area contributed by atoms with Crippen LogP contribution in [0.4, 0.5) is 0 Å². The molecule has 2 rings (SSSR count). The summed E-state index contributed by atoms with van der Waals surface area (Å²) in [6.45, 7) is 3.37. The lowest BCUT2D eigenvalue weighted by Gasteiger charge is -2.25. The third kappa shape index (κ3) is 3.49. The van der Waals surface area contributed by atoms with Gasteiger partial charge in [0.2, 0.25) is 5.91 Å². The first-order chi connectivity index (χ1) is 9.13. The first-order valence-corrected chi connectivity index (χ1v) is 7.41. The first kappa shape index (κ1) is 14.4. The molecule has 1 aliphatic rings. The number of thioether (sulfide) groups is 1. The Morgan fingerprint density at radius 3 is 2.89 bits per heavy atom. The second kappa shape index (κ2) is 6.41. The van der Waals surface area contributed by atoms with Crippen LogP contribution in [-0.2, 0) is 9.53 Å². The fourth-order valence-corrected chi connectivity index (χ4v) is 2.76. The van der Waals surface area contributed by atoms with Gasteiger partial charge in [-0.15, -0.1) is 11.8 Å². The average molecular weight is 280 g/mol. The summed E-state index contributed by atoms with van der Waals surface area (Å²) in [4.78, 5) is 13.3. The molecule has 0 aromatic heterocycles. The van der Waals surface area contributed by atoms with Gasteiger partial charge in [0.05, 0.1) is 18.6 Å². The maximum absolute atomic E-state index is 12.1. The molecule has 0 saturated carbocycles. The van der Waals surface area contributed by atoms with Crippen molar-refractivity contribution < 1.29 is 9.53 Å². The predicted octanol–water partition coefficient (Wildman–Crippen LogP) is 1.26. The molecule has 1 amide bonds. The van der Waals surface area contributed by atoms with E-state index in [4.69, 9.17) is 10.5 Å². The number of benzene rings is 1. The smallest absolute Gasteiger partial charge is 0.229 e. The Morgan fingerprint density at radius 1 is 1.53 bits per heavy atom. The van der Waals surface area contributed by atoms with Crippen LogP contribution in [0.2, 0.25) is 0 Å². The number of amides is 1. The zero-order chi connectivity index (χ0) is 13.7. The van der Waals surface area contributed by atoms with Crippen LogP contribution in [0.3, 0.4) is 0 Å². The fraction of sp³-hybridized carbons (Fsp3) is 0.500. The molecular formula is C14H20N2O2S. The molecule has 0 bridgehead atoms. The van der Waals surface area contributed by atoms with Crippen LogP contribution in [0.5, 0.6) is 0 Å². The van der Waals surface area contributed by atoms with Gasteiger partial charge in [-0.1, -0.05) is 18.2 Å². The number of rotatable bonds is 5. The Bertz CT molecular complexity index is 427. The first-order valence-electron chi connectivity index (χ1n) is 6.42. The summed E-state index contributed by atoms with van der Waals surface area (Å²) in [6.07, 6.45) is 0. The average Bonchev–Trinajstić information content (AvgIpc) is 2.77. The molecule has 1 aromatic rings. The second-order valence-electron chi connectivity index (χ2n) is 4.96. The van der Waals surface area contributed by atoms with Crippen molar-refractivity contribution in [3.8, 4) is 0 Å². The van der Waals surface area contributed by atoms with Crippen LogP contribution >= 0.6 is 11.8 Å². The van der Waals surface area contributed by atoms with Gasteiger partial charge < -0.3 is 15.8 Å². The number of carbonyl (C=O) groups excluding carboxylic acids is 1. The topological polar surface area (TPSA) is 64.3 Å². The van der Waals surface area contributed by atoms with Crippen LogP contribution < -0.4 is 11.1 Å². The molecule has 2 atom stereocenters. The van der Waals surface area contributed by atoms with E-state index in [1.54, 1.807) is 11.8 Å². The number of hydrogen-bond acceptors (Lipinski definition) is 4. The summed E-state index contributed by atoms with van der Waals surface area (Å²) in [5, 5.41) is 2.95. The summed E-state index contributed by atoms with van der Waals surface area (Å²) in [5.41, 5.74) is 5.33. The van der Waals surface area contributed by atoms with Crippen molar-refractivity contribution in [1.29, 1.82) is 0 Å². The van der Waals surface area contributed by atoms with Crippen LogP contribution in [0, 0.1) is 5.41 Å². The quantitative estimate of drug-likeness (QED) is 0.629. The number of ether oxygens (including phenoxy) is 1. The standard InChI is InChI=1S/C14H20N2O2S/c1-14(10-18-9-12(14)15)13(17)16-7-8-19-11-5-3-2-4-6-11/h2-6,12H,7-10,15H2,1H3,(H,16,17). The predicted molar refractivity (Wildman–Crippen MR) is 77.1 cm³/mol. The van der Waals surface area contributed by atoms with Gasteiger partial charge in [-0.2, -0.15) is 0 Å². The molecule has 0 aliphatic carbocycles. The number of hydrogen-bond donors (Lipinski definition) is 2. The van der Waals surface area contributed by atoms with E-state index in [0.717, 1.165) is 5.75 Å². The second-order valence-corrected chi connectivity index (χ2v) is 6.12. The molecule has 104 valence electrons. The highest BCUT2D eigenvalue weighted by molar-refractivity contribution is 7.99. The highest BCUT2D eigenvalue weighted by atomic mass is 32.2. The molecule has 1 fully saturated rings. The Hall–Kier alpha value is -1.04. The lowest BCUT2D eigenvalue weighted by Crippen LogP contribution is -2.50. The van der Waals surface area contributed by atoms with Crippen molar-refractivity contribution >= 4 is 17.7 Å². The molecule has 1 aliphatic heterocycles. The van der Waals surface area contributed by atoms with Gasteiger partial charge in [-0.05, 0) is 19.1 Å². The van der Waals surface area contributed by atoms with Crippen molar-refractivity contribution in [2.45, 2.75) is 17.9 Å². The maximum atomic E-state index is 12.1. The minimum absolute atomic E-state index is 0.00818. The lowest BCUT2D eigenvalue weighted by atomic mass is 9.85. The molecule has 4 nitrogen and oxygen atoms in total. The van der Waals surface area contributed by atoms with Gasteiger partial charge in [-0.25, -0.2) is 0 Å². The third-order valence-electron chi connectivity index (χ3n) is 3.44. The molecule has 1 aromatic carbocycles. The summed E-state index contributed by atoms with van der Waals surface area (Å²) in [5.74, 6) is 0.841. The molecule has 5 heteroatoms. The Kier molecular flexibility index (Phi) is 4.85. The minimum Gasteiger partial charge on any atom is -0.379 e. The van der Waals surface area contributed by atoms with Crippen LogP contribution in [-0.4, -0.2) is 37.5 Å². The molecule has 0 radical (unpaired) electrons. The van der Waals surface area contributed by atoms with Gasteiger partial charge in [0.1, 0.15) is 0 Å². The Labute approximate surface area is 118 Å². The van der Waals surface area contributed by atoms with E-state index in [2.05, 4.69) is 17.4 Å². The van der Waals surface area contributed by atoms with E-state index in [-0.39, 0.29) is 11.9 Å². The Morgan fingerprint density at radius 2 is 2.26 bits per heavy atom.